The van der Waals surface area contributed by atoms with Gasteiger partial charge in [0.15, 0.2) is 0 Å². The van der Waals surface area contributed by atoms with Crippen LogP contribution in [0.25, 0.3) is 0 Å². The van der Waals surface area contributed by atoms with E-state index in [0.29, 0.717) is 10.2 Å². The Morgan fingerprint density at radius 2 is 2.15 bits per heavy atom. The normalized spacial score (nSPS) is 13.0. The van der Waals surface area contributed by atoms with Gasteiger partial charge >= 0.3 is 0 Å². The van der Waals surface area contributed by atoms with Crippen molar-refractivity contribution in [1.29, 1.82) is 0 Å². The number of benzene rings is 1. The minimum atomic E-state index is -3.78. The number of nitrogens with two attached hydrogens (primary N) is 2. The minimum absolute atomic E-state index is 0.0425. The lowest BCUT2D eigenvalue weighted by Crippen LogP contribution is -2.28. The summed E-state index contributed by atoms with van der Waals surface area (Å²) < 4.78 is 27.8. The van der Waals surface area contributed by atoms with E-state index in [9.17, 15) is 13.2 Å². The number of primary sulfonamides is 1. The lowest BCUT2D eigenvalue weighted by atomic mass is 10.2. The van der Waals surface area contributed by atoms with E-state index in [1.807, 2.05) is 0 Å². The van der Waals surface area contributed by atoms with E-state index in [0.717, 1.165) is 0 Å². The zero-order valence-corrected chi connectivity index (χ0v) is 13.2. The number of rotatable bonds is 6. The van der Waals surface area contributed by atoms with Crippen LogP contribution in [0.4, 0.5) is 5.69 Å². The van der Waals surface area contributed by atoms with Gasteiger partial charge in [-0.05, 0) is 34.1 Å². The van der Waals surface area contributed by atoms with Crippen LogP contribution in [0, 0.1) is 0 Å². The van der Waals surface area contributed by atoms with Gasteiger partial charge in [-0.1, -0.05) is 0 Å². The Hall–Kier alpha value is -1.00. The predicted molar refractivity (Wildman–Crippen MR) is 78.6 cm³/mol. The van der Waals surface area contributed by atoms with Crippen molar-refractivity contribution in [3.63, 3.8) is 0 Å². The molecule has 0 aliphatic rings. The first-order chi connectivity index (χ1) is 9.27. The molecule has 1 rings (SSSR count). The van der Waals surface area contributed by atoms with E-state index >= 15 is 0 Å². The smallest absolute Gasteiger partial charge is 0.238 e. The molecule has 1 amide bonds. The molecule has 1 unspecified atom stereocenters. The van der Waals surface area contributed by atoms with Gasteiger partial charge in [-0.2, -0.15) is 0 Å². The topological polar surface area (TPSA) is 125 Å². The zero-order chi connectivity index (χ0) is 15.3. The van der Waals surface area contributed by atoms with Crippen molar-refractivity contribution in [3.05, 3.63) is 22.7 Å². The Bertz CT molecular complexity index is 587. The quantitative estimate of drug-likeness (QED) is 0.672. The summed E-state index contributed by atoms with van der Waals surface area (Å²) in [5.41, 5.74) is 5.87. The molecule has 9 heteroatoms. The van der Waals surface area contributed by atoms with Crippen LogP contribution in [0.1, 0.15) is 6.42 Å². The van der Waals surface area contributed by atoms with Gasteiger partial charge in [-0.15, -0.1) is 0 Å². The maximum atomic E-state index is 11.8. The molecular formula is C11H16BrN3O4S. The summed E-state index contributed by atoms with van der Waals surface area (Å²) in [5, 5.41) is 7.64. The van der Waals surface area contributed by atoms with Crippen LogP contribution in [0.15, 0.2) is 27.6 Å². The molecule has 0 aliphatic heterocycles. The van der Waals surface area contributed by atoms with Crippen LogP contribution in [-0.4, -0.2) is 34.1 Å². The molecule has 5 N–H and O–H groups in total. The van der Waals surface area contributed by atoms with Crippen molar-refractivity contribution in [2.45, 2.75) is 17.4 Å². The lowest BCUT2D eigenvalue weighted by Gasteiger charge is -2.13. The molecule has 0 aliphatic carbocycles. The first-order valence-electron chi connectivity index (χ1n) is 5.63. The third-order valence-electron chi connectivity index (χ3n) is 2.55. The van der Waals surface area contributed by atoms with E-state index in [-0.39, 0.29) is 29.9 Å². The molecule has 0 radical (unpaired) electrons. The summed E-state index contributed by atoms with van der Waals surface area (Å²) in [7, 11) is -2.30. The molecule has 0 saturated carbocycles. The fourth-order valence-corrected chi connectivity index (χ4v) is 2.61. The monoisotopic (exact) mass is 365 g/mol. The average molecular weight is 366 g/mol. The summed E-state index contributed by atoms with van der Waals surface area (Å²) in [4.78, 5) is 11.7. The Kier molecular flexibility index (Phi) is 6.08. The first kappa shape index (κ1) is 17.1. The third kappa shape index (κ3) is 4.84. The molecule has 0 bridgehead atoms. The molecule has 112 valence electrons. The number of hydrogen-bond donors (Lipinski definition) is 3. The van der Waals surface area contributed by atoms with Gasteiger partial charge in [0.25, 0.3) is 0 Å². The van der Waals surface area contributed by atoms with Crippen molar-refractivity contribution in [2.75, 3.05) is 19.0 Å². The first-order valence-corrected chi connectivity index (χ1v) is 7.97. The molecule has 0 saturated heterocycles. The van der Waals surface area contributed by atoms with E-state index in [1.54, 1.807) is 0 Å². The summed E-state index contributed by atoms with van der Waals surface area (Å²) in [5.74, 6) is -0.286. The Balaban J connectivity index is 2.81. The molecule has 20 heavy (non-hydrogen) atoms. The third-order valence-corrected chi connectivity index (χ3v) is 4.12. The van der Waals surface area contributed by atoms with Crippen LogP contribution in [0.5, 0.6) is 0 Å². The summed E-state index contributed by atoms with van der Waals surface area (Å²) in [6.07, 6.45) is -0.256. The predicted octanol–water partition coefficient (Wildman–Crippen LogP) is 0.399. The highest BCUT2D eigenvalue weighted by Gasteiger charge is 2.14. The van der Waals surface area contributed by atoms with Gasteiger partial charge in [-0.3, -0.25) is 4.79 Å². The summed E-state index contributed by atoms with van der Waals surface area (Å²) in [6, 6.07) is 4.08. The van der Waals surface area contributed by atoms with E-state index in [2.05, 4.69) is 21.2 Å². The Morgan fingerprint density at radius 3 is 2.60 bits per heavy atom. The fourth-order valence-electron chi connectivity index (χ4n) is 1.45. The van der Waals surface area contributed by atoms with Crippen LogP contribution >= 0.6 is 15.9 Å². The average Bonchev–Trinajstić information content (AvgIpc) is 2.37. The Morgan fingerprint density at radius 1 is 1.50 bits per heavy atom. The number of sulfonamides is 1. The highest BCUT2D eigenvalue weighted by molar-refractivity contribution is 9.10. The van der Waals surface area contributed by atoms with Crippen molar-refractivity contribution >= 4 is 37.5 Å². The number of carbonyl (C=O) groups excluding carboxylic acids is 1. The number of hydrogen-bond acceptors (Lipinski definition) is 5. The molecule has 0 aromatic heterocycles. The van der Waals surface area contributed by atoms with Crippen LogP contribution in [-0.2, 0) is 19.6 Å². The molecule has 0 spiro atoms. The van der Waals surface area contributed by atoms with Crippen LogP contribution in [0.3, 0.4) is 0 Å². The fraction of sp³-hybridized carbons (Fsp3) is 0.364. The maximum Gasteiger partial charge on any atom is 0.238 e. The summed E-state index contributed by atoms with van der Waals surface area (Å²) >= 11 is 3.18. The van der Waals surface area contributed by atoms with Gasteiger partial charge < -0.3 is 15.8 Å². The van der Waals surface area contributed by atoms with Gasteiger partial charge in [0.1, 0.15) is 0 Å². The molecule has 1 aromatic carbocycles. The number of amides is 1. The van der Waals surface area contributed by atoms with Gasteiger partial charge in [0.2, 0.25) is 15.9 Å². The standard InChI is InChI=1S/C11H16BrN3O4S/c1-19-7(6-13)4-11(16)15-10-3-2-8(5-9(10)12)20(14,17)18/h2-3,5,7H,4,6,13H2,1H3,(H,15,16)(H2,14,17,18). The Labute approximate surface area is 125 Å². The molecular weight excluding hydrogens is 350 g/mol. The molecule has 0 fully saturated rings. The number of carbonyl (C=O) groups is 1. The van der Waals surface area contributed by atoms with E-state index < -0.39 is 10.0 Å². The molecule has 7 nitrogen and oxygen atoms in total. The largest absolute Gasteiger partial charge is 0.380 e. The second-order valence-electron chi connectivity index (χ2n) is 4.03. The van der Waals surface area contributed by atoms with Gasteiger partial charge in [-0.25, -0.2) is 13.6 Å². The van der Waals surface area contributed by atoms with Crippen LogP contribution in [0.2, 0.25) is 0 Å². The molecule has 1 atom stereocenters. The molecule has 0 heterocycles. The van der Waals surface area contributed by atoms with Crippen molar-refractivity contribution in [2.24, 2.45) is 10.9 Å². The zero-order valence-electron chi connectivity index (χ0n) is 10.8. The SMILES string of the molecule is COC(CN)CC(=O)Nc1ccc(S(N)(=O)=O)cc1Br. The second-order valence-corrected chi connectivity index (χ2v) is 6.45. The van der Waals surface area contributed by atoms with Gasteiger partial charge in [0, 0.05) is 18.1 Å². The van der Waals surface area contributed by atoms with Gasteiger partial charge in [0.05, 0.1) is 23.1 Å². The minimum Gasteiger partial charge on any atom is -0.380 e. The summed E-state index contributed by atoms with van der Waals surface area (Å²) in [6.45, 7) is 0.232. The maximum absolute atomic E-state index is 11.8. The lowest BCUT2D eigenvalue weighted by molar-refractivity contribution is -0.118. The van der Waals surface area contributed by atoms with E-state index in [1.165, 1.54) is 25.3 Å². The number of methoxy groups -OCH3 is 1. The van der Waals surface area contributed by atoms with Crippen molar-refractivity contribution < 1.29 is 17.9 Å². The highest BCUT2D eigenvalue weighted by atomic mass is 79.9. The number of halogens is 1. The van der Waals surface area contributed by atoms with E-state index in [4.69, 9.17) is 15.6 Å². The highest BCUT2D eigenvalue weighted by Crippen LogP contribution is 2.25. The number of anilines is 1. The van der Waals surface area contributed by atoms with Crippen molar-refractivity contribution in [1.82, 2.24) is 0 Å². The second kappa shape index (κ2) is 7.14. The van der Waals surface area contributed by atoms with Crippen LogP contribution < -0.4 is 16.2 Å². The van der Waals surface area contributed by atoms with Crippen molar-refractivity contribution in [3.8, 4) is 0 Å². The number of ether oxygens (including phenoxy) is 1. The molecule has 1 aromatic rings. The number of nitrogens with one attached hydrogen (secondary N) is 1.